The van der Waals surface area contributed by atoms with E-state index >= 15 is 0 Å². The highest BCUT2D eigenvalue weighted by atomic mass is 32.2. The van der Waals surface area contributed by atoms with Crippen molar-refractivity contribution in [2.24, 2.45) is 7.05 Å². The third kappa shape index (κ3) is 2.83. The van der Waals surface area contributed by atoms with E-state index in [-0.39, 0.29) is 0 Å². The molecule has 2 rings (SSSR count). The van der Waals surface area contributed by atoms with Gasteiger partial charge in [0.2, 0.25) is 0 Å². The average molecular weight is 249 g/mol. The average Bonchev–Trinajstić information content (AvgIpc) is 2.74. The molecule has 2 aromatic rings. The lowest BCUT2D eigenvalue weighted by Gasteiger charge is -2.10. The van der Waals surface area contributed by atoms with Gasteiger partial charge in [0, 0.05) is 19.3 Å². The fourth-order valence-electron chi connectivity index (χ4n) is 1.38. The van der Waals surface area contributed by atoms with Crippen molar-refractivity contribution < 1.29 is 0 Å². The Labute approximate surface area is 105 Å². The summed E-state index contributed by atoms with van der Waals surface area (Å²) in [5, 5.41) is 12.8. The highest BCUT2D eigenvalue weighted by Gasteiger charge is 2.07. The first-order valence-electron chi connectivity index (χ1n) is 5.35. The van der Waals surface area contributed by atoms with Gasteiger partial charge in [0.15, 0.2) is 5.16 Å². The van der Waals surface area contributed by atoms with Crippen LogP contribution in [0.5, 0.6) is 0 Å². The normalized spacial score (nSPS) is 12.6. The molecule has 2 aromatic heterocycles. The second-order valence-corrected chi connectivity index (χ2v) is 4.75. The van der Waals surface area contributed by atoms with Gasteiger partial charge in [0.1, 0.15) is 11.4 Å². The van der Waals surface area contributed by atoms with E-state index in [1.165, 1.54) is 17.3 Å². The third-order valence-corrected chi connectivity index (χ3v) is 3.54. The minimum atomic E-state index is 0.317. The van der Waals surface area contributed by atoms with E-state index in [0.29, 0.717) is 6.04 Å². The smallest absolute Gasteiger partial charge is 0.197 e. The second-order valence-electron chi connectivity index (χ2n) is 3.76. The van der Waals surface area contributed by atoms with Crippen molar-refractivity contribution in [2.75, 3.05) is 7.05 Å². The zero-order valence-electron chi connectivity index (χ0n) is 10.1. The zero-order chi connectivity index (χ0) is 12.3. The first-order valence-corrected chi connectivity index (χ1v) is 6.17. The van der Waals surface area contributed by atoms with Gasteiger partial charge in [-0.25, -0.2) is 4.98 Å². The molecule has 90 valence electrons. The summed E-state index contributed by atoms with van der Waals surface area (Å²) in [5.74, 6) is 0. The molecule has 0 fully saturated rings. The molecule has 0 aliphatic carbocycles. The molecule has 1 N–H and O–H groups in total. The first-order chi connectivity index (χ1) is 8.20. The predicted molar refractivity (Wildman–Crippen MR) is 66.8 cm³/mol. The summed E-state index contributed by atoms with van der Waals surface area (Å²) in [6.45, 7) is 2.12. The molecule has 5 nitrogen and oxygen atoms in total. The topological polar surface area (TPSA) is 55.6 Å². The maximum absolute atomic E-state index is 4.33. The van der Waals surface area contributed by atoms with Gasteiger partial charge in [0.05, 0.1) is 0 Å². The van der Waals surface area contributed by atoms with Crippen LogP contribution in [0.25, 0.3) is 0 Å². The van der Waals surface area contributed by atoms with Crippen LogP contribution in [-0.4, -0.2) is 26.8 Å². The third-order valence-electron chi connectivity index (χ3n) is 2.56. The van der Waals surface area contributed by atoms with E-state index in [4.69, 9.17) is 0 Å². The van der Waals surface area contributed by atoms with E-state index in [0.717, 1.165) is 10.2 Å². The number of hydrogen-bond donors (Lipinski definition) is 1. The molecule has 6 heteroatoms. The van der Waals surface area contributed by atoms with Crippen molar-refractivity contribution in [3.05, 3.63) is 30.2 Å². The lowest BCUT2D eigenvalue weighted by atomic mass is 10.1. The number of hydrogen-bond acceptors (Lipinski definition) is 5. The Kier molecular flexibility index (Phi) is 3.75. The fourth-order valence-corrected chi connectivity index (χ4v) is 2.15. The standard InChI is InChI=1S/C11H15N5S/c1-8(12-2)9-4-5-13-10(6-9)17-11-15-14-7-16(11)3/h4-8,12H,1-3H3. The van der Waals surface area contributed by atoms with Gasteiger partial charge in [-0.05, 0) is 43.4 Å². The molecule has 17 heavy (non-hydrogen) atoms. The lowest BCUT2D eigenvalue weighted by molar-refractivity contribution is 0.649. The maximum Gasteiger partial charge on any atom is 0.197 e. The molecule has 1 atom stereocenters. The van der Waals surface area contributed by atoms with E-state index in [9.17, 15) is 0 Å². The first kappa shape index (κ1) is 12.1. The SMILES string of the molecule is CNC(C)c1ccnc(Sc2nncn2C)c1. The molecule has 0 radical (unpaired) electrons. The molecule has 0 amide bonds. The maximum atomic E-state index is 4.33. The van der Waals surface area contributed by atoms with E-state index in [1.54, 1.807) is 6.33 Å². The summed E-state index contributed by atoms with van der Waals surface area (Å²) in [4.78, 5) is 4.33. The number of rotatable bonds is 4. The molecule has 0 saturated carbocycles. The van der Waals surface area contributed by atoms with Crippen LogP contribution >= 0.6 is 11.8 Å². The van der Waals surface area contributed by atoms with Crippen molar-refractivity contribution in [2.45, 2.75) is 23.1 Å². The van der Waals surface area contributed by atoms with E-state index in [2.05, 4.69) is 33.5 Å². The number of nitrogens with one attached hydrogen (secondary N) is 1. The highest BCUT2D eigenvalue weighted by molar-refractivity contribution is 7.99. The van der Waals surface area contributed by atoms with Gasteiger partial charge in [-0.1, -0.05) is 0 Å². The van der Waals surface area contributed by atoms with Crippen LogP contribution in [0, 0.1) is 0 Å². The van der Waals surface area contributed by atoms with E-state index < -0.39 is 0 Å². The number of aryl methyl sites for hydroxylation is 1. The molecular weight excluding hydrogens is 234 g/mol. The summed E-state index contributed by atoms with van der Waals surface area (Å²) in [5.41, 5.74) is 1.21. The Bertz CT molecular complexity index is 496. The van der Waals surface area contributed by atoms with Crippen molar-refractivity contribution in [3.63, 3.8) is 0 Å². The van der Waals surface area contributed by atoms with Crippen LogP contribution in [-0.2, 0) is 7.05 Å². The minimum Gasteiger partial charge on any atom is -0.313 e. The molecule has 0 aromatic carbocycles. The number of pyridine rings is 1. The fraction of sp³-hybridized carbons (Fsp3) is 0.364. The summed E-state index contributed by atoms with van der Waals surface area (Å²) in [6.07, 6.45) is 3.50. The Hall–Kier alpha value is -1.40. The summed E-state index contributed by atoms with van der Waals surface area (Å²) < 4.78 is 1.88. The molecule has 0 saturated heterocycles. The Morgan fingerprint density at radius 1 is 1.47 bits per heavy atom. The van der Waals surface area contributed by atoms with Crippen molar-refractivity contribution >= 4 is 11.8 Å². The van der Waals surface area contributed by atoms with Crippen LogP contribution in [0.3, 0.4) is 0 Å². The zero-order valence-corrected chi connectivity index (χ0v) is 10.9. The van der Waals surface area contributed by atoms with Crippen LogP contribution in [0.2, 0.25) is 0 Å². The van der Waals surface area contributed by atoms with Crippen LogP contribution in [0.1, 0.15) is 18.5 Å². The largest absolute Gasteiger partial charge is 0.313 e. The highest BCUT2D eigenvalue weighted by Crippen LogP contribution is 2.25. The van der Waals surface area contributed by atoms with Gasteiger partial charge in [-0.15, -0.1) is 10.2 Å². The van der Waals surface area contributed by atoms with E-state index in [1.807, 2.05) is 30.9 Å². The molecular formula is C11H15N5S. The molecule has 0 spiro atoms. The Morgan fingerprint density at radius 3 is 2.94 bits per heavy atom. The van der Waals surface area contributed by atoms with Crippen LogP contribution in [0.4, 0.5) is 0 Å². The second kappa shape index (κ2) is 5.29. The number of aromatic nitrogens is 4. The molecule has 0 bridgehead atoms. The molecule has 2 heterocycles. The monoisotopic (exact) mass is 249 g/mol. The van der Waals surface area contributed by atoms with Gasteiger partial charge in [-0.2, -0.15) is 0 Å². The quantitative estimate of drug-likeness (QED) is 0.892. The van der Waals surface area contributed by atoms with Gasteiger partial charge in [-0.3, -0.25) is 0 Å². The lowest BCUT2D eigenvalue weighted by Crippen LogP contribution is -2.12. The van der Waals surface area contributed by atoms with Crippen molar-refractivity contribution in [1.29, 1.82) is 0 Å². The van der Waals surface area contributed by atoms with Gasteiger partial charge < -0.3 is 9.88 Å². The molecule has 0 aliphatic heterocycles. The molecule has 0 aliphatic rings. The summed E-state index contributed by atoms with van der Waals surface area (Å²) >= 11 is 1.51. The Balaban J connectivity index is 2.19. The predicted octanol–water partition coefficient (Wildman–Crippen LogP) is 1.64. The van der Waals surface area contributed by atoms with Gasteiger partial charge in [0.25, 0.3) is 0 Å². The van der Waals surface area contributed by atoms with Crippen molar-refractivity contribution in [3.8, 4) is 0 Å². The minimum absolute atomic E-state index is 0.317. The van der Waals surface area contributed by atoms with Crippen molar-refractivity contribution in [1.82, 2.24) is 25.1 Å². The Morgan fingerprint density at radius 2 is 2.29 bits per heavy atom. The number of nitrogens with zero attached hydrogens (tertiary/aromatic N) is 4. The summed E-state index contributed by atoms with van der Waals surface area (Å²) in [7, 11) is 3.86. The summed E-state index contributed by atoms with van der Waals surface area (Å²) in [6, 6.07) is 4.40. The van der Waals surface area contributed by atoms with Gasteiger partial charge >= 0.3 is 0 Å². The molecule has 1 unspecified atom stereocenters. The van der Waals surface area contributed by atoms with Crippen LogP contribution in [0.15, 0.2) is 34.8 Å². The van der Waals surface area contributed by atoms with Crippen LogP contribution < -0.4 is 5.32 Å².